The summed E-state index contributed by atoms with van der Waals surface area (Å²) in [7, 11) is 2.01. The van der Waals surface area contributed by atoms with Gasteiger partial charge in [0.2, 0.25) is 0 Å². The second-order valence-corrected chi connectivity index (χ2v) is 6.15. The molecule has 0 aliphatic heterocycles. The minimum Gasteiger partial charge on any atom is -0.307 e. The van der Waals surface area contributed by atoms with E-state index in [4.69, 9.17) is 4.98 Å². The molecule has 3 heteroatoms. The number of hydrogen-bond donors (Lipinski definition) is 1. The average Bonchev–Trinajstić information content (AvgIpc) is 2.76. The highest BCUT2D eigenvalue weighted by atomic mass is 32.1. The van der Waals surface area contributed by atoms with E-state index in [1.807, 2.05) is 18.4 Å². The average molecular weight is 274 g/mol. The molecule has 0 fully saturated rings. The summed E-state index contributed by atoms with van der Waals surface area (Å²) in [5, 5.41) is 4.59. The van der Waals surface area contributed by atoms with Crippen molar-refractivity contribution in [3.05, 3.63) is 50.5 Å². The van der Waals surface area contributed by atoms with Gasteiger partial charge < -0.3 is 5.32 Å². The van der Waals surface area contributed by atoms with E-state index in [-0.39, 0.29) is 6.04 Å². The number of thiazole rings is 1. The van der Waals surface area contributed by atoms with Crippen LogP contribution in [-0.2, 0) is 6.42 Å². The standard InChI is InChI=1S/C16H22N2S/c1-6-14-12(4)19-16(18-14)15(17-5)13-9-7-8-10(2)11(13)3/h7-9,15,17H,6H2,1-5H3. The number of rotatable bonds is 4. The Balaban J connectivity index is 2.46. The molecule has 1 heterocycles. The van der Waals surface area contributed by atoms with Crippen LogP contribution in [0.4, 0.5) is 0 Å². The predicted octanol–water partition coefficient (Wildman–Crippen LogP) is 3.94. The van der Waals surface area contributed by atoms with Crippen LogP contribution in [0.15, 0.2) is 18.2 Å². The van der Waals surface area contributed by atoms with Crippen LogP contribution in [0.2, 0.25) is 0 Å². The second-order valence-electron chi connectivity index (χ2n) is 4.92. The molecule has 1 unspecified atom stereocenters. The van der Waals surface area contributed by atoms with Crippen molar-refractivity contribution in [2.45, 2.75) is 40.2 Å². The van der Waals surface area contributed by atoms with Gasteiger partial charge in [0, 0.05) is 4.88 Å². The molecule has 1 N–H and O–H groups in total. The molecule has 1 aromatic heterocycles. The lowest BCUT2D eigenvalue weighted by Crippen LogP contribution is -2.19. The first-order valence-electron chi connectivity index (χ1n) is 6.78. The maximum absolute atomic E-state index is 4.80. The quantitative estimate of drug-likeness (QED) is 0.913. The number of nitrogens with one attached hydrogen (secondary N) is 1. The molecule has 0 radical (unpaired) electrons. The van der Waals surface area contributed by atoms with Gasteiger partial charge in [0.15, 0.2) is 0 Å². The highest BCUT2D eigenvalue weighted by molar-refractivity contribution is 7.11. The Morgan fingerprint density at radius 3 is 2.58 bits per heavy atom. The molecule has 102 valence electrons. The third-order valence-corrected chi connectivity index (χ3v) is 4.82. The first-order chi connectivity index (χ1) is 9.08. The van der Waals surface area contributed by atoms with Crippen LogP contribution >= 0.6 is 11.3 Å². The Kier molecular flexibility index (Phi) is 4.38. The summed E-state index contributed by atoms with van der Waals surface area (Å²) in [6.07, 6.45) is 1.01. The fraction of sp³-hybridized carbons (Fsp3) is 0.438. The van der Waals surface area contributed by atoms with Crippen LogP contribution in [0.1, 0.15) is 45.2 Å². The van der Waals surface area contributed by atoms with Gasteiger partial charge in [-0.3, -0.25) is 0 Å². The summed E-state index contributed by atoms with van der Waals surface area (Å²) in [5.74, 6) is 0. The van der Waals surface area contributed by atoms with Crippen molar-refractivity contribution in [3.8, 4) is 0 Å². The van der Waals surface area contributed by atoms with Crippen molar-refractivity contribution >= 4 is 11.3 Å². The Morgan fingerprint density at radius 2 is 2.00 bits per heavy atom. The van der Waals surface area contributed by atoms with Gasteiger partial charge in [0.25, 0.3) is 0 Å². The zero-order chi connectivity index (χ0) is 14.0. The molecular formula is C16H22N2S. The first-order valence-corrected chi connectivity index (χ1v) is 7.59. The molecule has 0 bridgehead atoms. The van der Waals surface area contributed by atoms with Crippen LogP contribution in [-0.4, -0.2) is 12.0 Å². The summed E-state index contributed by atoms with van der Waals surface area (Å²) >= 11 is 1.81. The molecule has 0 amide bonds. The lowest BCUT2D eigenvalue weighted by Gasteiger charge is -2.17. The van der Waals surface area contributed by atoms with Crippen LogP contribution in [0, 0.1) is 20.8 Å². The van der Waals surface area contributed by atoms with E-state index in [1.165, 1.54) is 32.3 Å². The summed E-state index contributed by atoms with van der Waals surface area (Å²) in [6, 6.07) is 6.69. The number of benzene rings is 1. The van der Waals surface area contributed by atoms with Crippen LogP contribution < -0.4 is 5.32 Å². The molecule has 2 rings (SSSR count). The maximum Gasteiger partial charge on any atom is 0.115 e. The molecule has 1 atom stereocenters. The van der Waals surface area contributed by atoms with E-state index >= 15 is 0 Å². The van der Waals surface area contributed by atoms with Gasteiger partial charge in [0.1, 0.15) is 5.01 Å². The Labute approximate surface area is 119 Å². The molecule has 0 aliphatic rings. The van der Waals surface area contributed by atoms with Crippen molar-refractivity contribution in [1.29, 1.82) is 0 Å². The van der Waals surface area contributed by atoms with E-state index in [1.54, 1.807) is 0 Å². The molecule has 1 aromatic carbocycles. The zero-order valence-electron chi connectivity index (χ0n) is 12.4. The lowest BCUT2D eigenvalue weighted by atomic mass is 9.98. The minimum atomic E-state index is 0.198. The molecule has 19 heavy (non-hydrogen) atoms. The Bertz CT molecular complexity index is 572. The smallest absolute Gasteiger partial charge is 0.115 e. The molecule has 0 aliphatic carbocycles. The fourth-order valence-corrected chi connectivity index (χ4v) is 3.54. The van der Waals surface area contributed by atoms with Gasteiger partial charge in [-0.1, -0.05) is 25.1 Å². The highest BCUT2D eigenvalue weighted by Gasteiger charge is 2.19. The lowest BCUT2D eigenvalue weighted by molar-refractivity contribution is 0.678. The number of nitrogens with zero attached hydrogens (tertiary/aromatic N) is 1. The van der Waals surface area contributed by atoms with Gasteiger partial charge in [-0.25, -0.2) is 4.98 Å². The number of aryl methyl sites for hydroxylation is 3. The molecule has 2 nitrogen and oxygen atoms in total. The van der Waals surface area contributed by atoms with Crippen LogP contribution in [0.25, 0.3) is 0 Å². The highest BCUT2D eigenvalue weighted by Crippen LogP contribution is 2.30. The summed E-state index contributed by atoms with van der Waals surface area (Å²) < 4.78 is 0. The molecular weight excluding hydrogens is 252 g/mol. The predicted molar refractivity (Wildman–Crippen MR) is 83.0 cm³/mol. The van der Waals surface area contributed by atoms with Crippen molar-refractivity contribution in [2.24, 2.45) is 0 Å². The Morgan fingerprint density at radius 1 is 1.26 bits per heavy atom. The molecule has 2 aromatic rings. The zero-order valence-corrected chi connectivity index (χ0v) is 13.2. The Hall–Kier alpha value is -1.19. The van der Waals surface area contributed by atoms with Crippen molar-refractivity contribution < 1.29 is 0 Å². The van der Waals surface area contributed by atoms with Crippen LogP contribution in [0.5, 0.6) is 0 Å². The van der Waals surface area contributed by atoms with Gasteiger partial charge in [-0.05, 0) is 50.9 Å². The van der Waals surface area contributed by atoms with Crippen molar-refractivity contribution in [1.82, 2.24) is 10.3 Å². The molecule has 0 spiro atoms. The number of hydrogen-bond acceptors (Lipinski definition) is 3. The van der Waals surface area contributed by atoms with Gasteiger partial charge in [-0.2, -0.15) is 0 Å². The van der Waals surface area contributed by atoms with E-state index in [0.717, 1.165) is 6.42 Å². The van der Waals surface area contributed by atoms with Crippen LogP contribution in [0.3, 0.4) is 0 Å². The van der Waals surface area contributed by atoms with Crippen molar-refractivity contribution in [3.63, 3.8) is 0 Å². The van der Waals surface area contributed by atoms with E-state index in [0.29, 0.717) is 0 Å². The summed E-state index contributed by atoms with van der Waals surface area (Å²) in [4.78, 5) is 6.14. The topological polar surface area (TPSA) is 24.9 Å². The maximum atomic E-state index is 4.80. The van der Waals surface area contributed by atoms with E-state index in [9.17, 15) is 0 Å². The monoisotopic (exact) mass is 274 g/mol. The summed E-state index contributed by atoms with van der Waals surface area (Å²) in [6.45, 7) is 8.68. The van der Waals surface area contributed by atoms with E-state index in [2.05, 4.69) is 51.2 Å². The normalized spacial score (nSPS) is 12.7. The minimum absolute atomic E-state index is 0.198. The summed E-state index contributed by atoms with van der Waals surface area (Å²) in [5.41, 5.74) is 5.25. The largest absolute Gasteiger partial charge is 0.307 e. The molecule has 0 saturated carbocycles. The SMILES string of the molecule is CCc1nc(C(NC)c2cccc(C)c2C)sc1C. The van der Waals surface area contributed by atoms with Gasteiger partial charge >= 0.3 is 0 Å². The van der Waals surface area contributed by atoms with E-state index < -0.39 is 0 Å². The fourth-order valence-electron chi connectivity index (χ4n) is 2.40. The third-order valence-electron chi connectivity index (χ3n) is 3.74. The second kappa shape index (κ2) is 5.85. The van der Waals surface area contributed by atoms with Crippen molar-refractivity contribution in [2.75, 3.05) is 7.05 Å². The first kappa shape index (κ1) is 14.2. The molecule has 0 saturated heterocycles. The van der Waals surface area contributed by atoms with Gasteiger partial charge in [0.05, 0.1) is 11.7 Å². The van der Waals surface area contributed by atoms with Gasteiger partial charge in [-0.15, -0.1) is 11.3 Å². The number of aromatic nitrogens is 1. The third kappa shape index (κ3) is 2.72.